The Labute approximate surface area is 114 Å². The van der Waals surface area contributed by atoms with Crippen molar-refractivity contribution in [2.75, 3.05) is 18.5 Å². The number of hydrogen-bond acceptors (Lipinski definition) is 1. The molecule has 0 fully saturated rings. The van der Waals surface area contributed by atoms with Gasteiger partial charge in [-0.2, -0.15) is 0 Å². The van der Waals surface area contributed by atoms with E-state index in [9.17, 15) is 4.79 Å². The van der Waals surface area contributed by atoms with Crippen LogP contribution in [0.25, 0.3) is 0 Å². The van der Waals surface area contributed by atoms with Gasteiger partial charge in [0.2, 0.25) is 0 Å². The Kier molecular flexibility index (Phi) is 3.85. The second-order valence-corrected chi connectivity index (χ2v) is 4.51. The average Bonchev–Trinajstić information content (AvgIpc) is 2.43. The van der Waals surface area contributed by atoms with Crippen LogP contribution in [-0.4, -0.2) is 24.5 Å². The van der Waals surface area contributed by atoms with Crippen LogP contribution in [0, 0.1) is 0 Å². The number of allylic oxidation sites excluding steroid dienone is 2. The third-order valence-corrected chi connectivity index (χ3v) is 3.24. The van der Waals surface area contributed by atoms with Crippen molar-refractivity contribution in [2.45, 2.75) is 6.54 Å². The quantitative estimate of drug-likeness (QED) is 0.756. The molecular formula is C16H18N2O. The molecule has 0 unspecified atom stereocenters. The van der Waals surface area contributed by atoms with Crippen LogP contribution in [0.2, 0.25) is 0 Å². The SMILES string of the molecule is C=C/C=C(\C=C)CN1Cc2ccccc2N(C)C1=O. The first kappa shape index (κ1) is 13.1. The Bertz CT molecular complexity index is 545. The number of carbonyl (C=O) groups is 1. The predicted octanol–water partition coefficient (Wildman–Crippen LogP) is 3.36. The monoisotopic (exact) mass is 254 g/mol. The molecule has 1 aromatic carbocycles. The molecule has 3 nitrogen and oxygen atoms in total. The Hall–Kier alpha value is -2.29. The molecule has 1 aliphatic rings. The number of para-hydroxylation sites is 1. The lowest BCUT2D eigenvalue weighted by molar-refractivity contribution is 0.205. The topological polar surface area (TPSA) is 23.6 Å². The molecule has 19 heavy (non-hydrogen) atoms. The van der Waals surface area contributed by atoms with Gasteiger partial charge in [-0.1, -0.05) is 49.6 Å². The minimum atomic E-state index is 0.00973. The average molecular weight is 254 g/mol. The zero-order valence-electron chi connectivity index (χ0n) is 11.2. The molecule has 1 aromatic rings. The highest BCUT2D eigenvalue weighted by Gasteiger charge is 2.27. The van der Waals surface area contributed by atoms with Crippen LogP contribution in [0.4, 0.5) is 10.5 Å². The van der Waals surface area contributed by atoms with E-state index >= 15 is 0 Å². The van der Waals surface area contributed by atoms with Crippen molar-refractivity contribution in [1.82, 2.24) is 4.90 Å². The molecule has 2 amide bonds. The summed E-state index contributed by atoms with van der Waals surface area (Å²) in [6.45, 7) is 8.61. The van der Waals surface area contributed by atoms with Crippen molar-refractivity contribution in [3.05, 3.63) is 66.8 Å². The van der Waals surface area contributed by atoms with E-state index in [4.69, 9.17) is 0 Å². The van der Waals surface area contributed by atoms with Gasteiger partial charge in [-0.05, 0) is 17.2 Å². The smallest absolute Gasteiger partial charge is 0.316 e. The number of fused-ring (bicyclic) bond motifs is 1. The summed E-state index contributed by atoms with van der Waals surface area (Å²) in [5.74, 6) is 0. The van der Waals surface area contributed by atoms with Gasteiger partial charge in [0.15, 0.2) is 0 Å². The predicted molar refractivity (Wildman–Crippen MR) is 79.1 cm³/mol. The number of amides is 2. The molecular weight excluding hydrogens is 236 g/mol. The standard InChI is InChI=1S/C16H18N2O/c1-4-8-13(5-2)11-18-12-14-9-6-7-10-15(14)17(3)16(18)19/h4-10H,1-2,11-12H2,3H3/b13-8+. The lowest BCUT2D eigenvalue weighted by Crippen LogP contribution is -2.45. The maximum Gasteiger partial charge on any atom is 0.324 e. The van der Waals surface area contributed by atoms with Crippen molar-refractivity contribution >= 4 is 11.7 Å². The highest BCUT2D eigenvalue weighted by Crippen LogP contribution is 2.27. The maximum absolute atomic E-state index is 12.3. The van der Waals surface area contributed by atoms with Crippen molar-refractivity contribution in [3.63, 3.8) is 0 Å². The summed E-state index contributed by atoms with van der Waals surface area (Å²) in [5.41, 5.74) is 3.12. The Morgan fingerprint density at radius 3 is 2.79 bits per heavy atom. The number of carbonyl (C=O) groups excluding carboxylic acids is 1. The van der Waals surface area contributed by atoms with Gasteiger partial charge in [0.25, 0.3) is 0 Å². The summed E-state index contributed by atoms with van der Waals surface area (Å²) < 4.78 is 0. The maximum atomic E-state index is 12.3. The van der Waals surface area contributed by atoms with Crippen LogP contribution < -0.4 is 4.90 Å². The van der Waals surface area contributed by atoms with E-state index in [0.717, 1.165) is 16.8 Å². The van der Waals surface area contributed by atoms with Gasteiger partial charge in [-0.15, -0.1) is 0 Å². The summed E-state index contributed by atoms with van der Waals surface area (Å²) in [5, 5.41) is 0. The van der Waals surface area contributed by atoms with E-state index in [1.807, 2.05) is 24.3 Å². The summed E-state index contributed by atoms with van der Waals surface area (Å²) in [4.78, 5) is 15.8. The lowest BCUT2D eigenvalue weighted by atomic mass is 10.1. The molecule has 0 radical (unpaired) electrons. The fourth-order valence-corrected chi connectivity index (χ4v) is 2.24. The molecule has 0 spiro atoms. The number of benzene rings is 1. The Balaban J connectivity index is 2.26. The molecule has 0 bridgehead atoms. The van der Waals surface area contributed by atoms with Gasteiger partial charge in [-0.3, -0.25) is 4.90 Å². The molecule has 0 N–H and O–H groups in total. The minimum absolute atomic E-state index is 0.00973. The van der Waals surface area contributed by atoms with Crippen molar-refractivity contribution in [2.24, 2.45) is 0 Å². The van der Waals surface area contributed by atoms with Gasteiger partial charge in [-0.25, -0.2) is 4.79 Å². The molecule has 0 atom stereocenters. The fourth-order valence-electron chi connectivity index (χ4n) is 2.24. The van der Waals surface area contributed by atoms with Crippen LogP contribution in [0.5, 0.6) is 0 Å². The molecule has 1 aliphatic heterocycles. The van der Waals surface area contributed by atoms with Crippen LogP contribution in [0.3, 0.4) is 0 Å². The Morgan fingerprint density at radius 2 is 2.11 bits per heavy atom. The first-order valence-corrected chi connectivity index (χ1v) is 6.22. The molecule has 1 heterocycles. The van der Waals surface area contributed by atoms with Gasteiger partial charge in [0, 0.05) is 20.1 Å². The molecule has 0 saturated carbocycles. The largest absolute Gasteiger partial charge is 0.324 e. The van der Waals surface area contributed by atoms with Crippen molar-refractivity contribution < 1.29 is 4.79 Å². The second kappa shape index (κ2) is 5.57. The van der Waals surface area contributed by atoms with E-state index in [0.29, 0.717) is 13.1 Å². The molecule has 3 heteroatoms. The third kappa shape index (κ3) is 2.60. The second-order valence-electron chi connectivity index (χ2n) is 4.51. The molecule has 0 aromatic heterocycles. The minimum Gasteiger partial charge on any atom is -0.316 e. The zero-order valence-corrected chi connectivity index (χ0v) is 11.2. The van der Waals surface area contributed by atoms with E-state index < -0.39 is 0 Å². The molecule has 2 rings (SSSR count). The summed E-state index contributed by atoms with van der Waals surface area (Å²) in [6.07, 6.45) is 5.35. The van der Waals surface area contributed by atoms with E-state index in [-0.39, 0.29) is 6.03 Å². The molecule has 98 valence electrons. The van der Waals surface area contributed by atoms with Crippen molar-refractivity contribution in [1.29, 1.82) is 0 Å². The zero-order chi connectivity index (χ0) is 13.8. The van der Waals surface area contributed by atoms with Gasteiger partial charge < -0.3 is 4.90 Å². The summed E-state index contributed by atoms with van der Waals surface area (Å²) >= 11 is 0. The van der Waals surface area contributed by atoms with Crippen LogP contribution >= 0.6 is 0 Å². The van der Waals surface area contributed by atoms with Gasteiger partial charge >= 0.3 is 6.03 Å². The van der Waals surface area contributed by atoms with E-state index in [1.54, 1.807) is 29.0 Å². The van der Waals surface area contributed by atoms with Crippen LogP contribution in [-0.2, 0) is 6.54 Å². The van der Waals surface area contributed by atoms with Crippen LogP contribution in [0.1, 0.15) is 5.56 Å². The first-order valence-electron chi connectivity index (χ1n) is 6.22. The number of hydrogen-bond donors (Lipinski definition) is 0. The van der Waals surface area contributed by atoms with Crippen molar-refractivity contribution in [3.8, 4) is 0 Å². The number of rotatable bonds is 4. The first-order chi connectivity index (χ1) is 9.17. The third-order valence-electron chi connectivity index (χ3n) is 3.24. The number of nitrogens with zero attached hydrogens (tertiary/aromatic N) is 2. The van der Waals surface area contributed by atoms with Gasteiger partial charge in [0.05, 0.1) is 5.69 Å². The normalized spacial score (nSPS) is 15.2. The number of urea groups is 1. The Morgan fingerprint density at radius 1 is 1.37 bits per heavy atom. The summed E-state index contributed by atoms with van der Waals surface area (Å²) in [7, 11) is 1.80. The van der Waals surface area contributed by atoms with Gasteiger partial charge in [0.1, 0.15) is 0 Å². The highest BCUT2D eigenvalue weighted by atomic mass is 16.2. The fraction of sp³-hybridized carbons (Fsp3) is 0.188. The lowest BCUT2D eigenvalue weighted by Gasteiger charge is -2.35. The summed E-state index contributed by atoms with van der Waals surface area (Å²) in [6, 6.07) is 7.98. The van der Waals surface area contributed by atoms with E-state index in [1.165, 1.54) is 0 Å². The van der Waals surface area contributed by atoms with E-state index in [2.05, 4.69) is 19.2 Å². The highest BCUT2D eigenvalue weighted by molar-refractivity contribution is 5.94. The molecule has 0 saturated heterocycles. The molecule has 0 aliphatic carbocycles. The number of anilines is 1. The van der Waals surface area contributed by atoms with Crippen LogP contribution in [0.15, 0.2) is 61.2 Å².